The van der Waals surface area contributed by atoms with E-state index in [1.54, 1.807) is 0 Å². The van der Waals surface area contributed by atoms with E-state index in [4.69, 9.17) is 9.47 Å². The third-order valence-electron chi connectivity index (χ3n) is 3.99. The van der Waals surface area contributed by atoms with Crippen LogP contribution >= 0.6 is 0 Å². The molecule has 6 heteroatoms. The third-order valence-corrected chi connectivity index (χ3v) is 3.99. The molecular formula is C15H29N3O3. The molecule has 6 nitrogen and oxygen atoms in total. The predicted molar refractivity (Wildman–Crippen MR) is 81.5 cm³/mol. The summed E-state index contributed by atoms with van der Waals surface area (Å²) in [5, 5.41) is 3.02. The number of hydrogen-bond acceptors (Lipinski definition) is 4. The highest BCUT2D eigenvalue weighted by Gasteiger charge is 2.25. The summed E-state index contributed by atoms with van der Waals surface area (Å²) in [6.07, 6.45) is 2.40. The van der Waals surface area contributed by atoms with Crippen LogP contribution in [0.15, 0.2) is 0 Å². The van der Waals surface area contributed by atoms with Gasteiger partial charge in [0.05, 0.1) is 25.4 Å². The molecule has 0 saturated carbocycles. The fraction of sp³-hybridized carbons (Fsp3) is 0.933. The first kappa shape index (κ1) is 16.5. The van der Waals surface area contributed by atoms with Gasteiger partial charge in [0.25, 0.3) is 0 Å². The highest BCUT2D eigenvalue weighted by atomic mass is 16.5. The van der Waals surface area contributed by atoms with Gasteiger partial charge in [-0.05, 0) is 33.2 Å². The monoisotopic (exact) mass is 299 g/mol. The number of morpholine rings is 2. The molecule has 2 saturated heterocycles. The van der Waals surface area contributed by atoms with E-state index in [-0.39, 0.29) is 18.2 Å². The van der Waals surface area contributed by atoms with Gasteiger partial charge in [0.2, 0.25) is 0 Å². The molecule has 0 aromatic carbocycles. The van der Waals surface area contributed by atoms with Gasteiger partial charge in [0.15, 0.2) is 0 Å². The predicted octanol–water partition coefficient (Wildman–Crippen LogP) is 0.918. The summed E-state index contributed by atoms with van der Waals surface area (Å²) >= 11 is 0. The minimum absolute atomic E-state index is 0.0448. The summed E-state index contributed by atoms with van der Waals surface area (Å²) in [4.78, 5) is 16.4. The third kappa shape index (κ3) is 5.80. The van der Waals surface area contributed by atoms with Gasteiger partial charge in [-0.3, -0.25) is 4.90 Å². The molecule has 2 unspecified atom stereocenters. The Labute approximate surface area is 127 Å². The van der Waals surface area contributed by atoms with E-state index in [0.29, 0.717) is 13.1 Å². The van der Waals surface area contributed by atoms with E-state index in [9.17, 15) is 4.79 Å². The van der Waals surface area contributed by atoms with Crippen molar-refractivity contribution in [3.05, 3.63) is 0 Å². The summed E-state index contributed by atoms with van der Waals surface area (Å²) in [6, 6.07) is 0.0448. The molecule has 2 heterocycles. The van der Waals surface area contributed by atoms with Gasteiger partial charge in [-0.25, -0.2) is 4.79 Å². The molecule has 2 rings (SSSR count). The molecule has 0 radical (unpaired) electrons. The maximum atomic E-state index is 12.1. The van der Waals surface area contributed by atoms with Crippen LogP contribution in [0.2, 0.25) is 0 Å². The Morgan fingerprint density at radius 3 is 2.48 bits per heavy atom. The van der Waals surface area contributed by atoms with Crippen LogP contribution < -0.4 is 5.32 Å². The van der Waals surface area contributed by atoms with Crippen LogP contribution in [0.25, 0.3) is 0 Å². The molecule has 0 spiro atoms. The normalized spacial score (nSPS) is 27.6. The van der Waals surface area contributed by atoms with E-state index in [0.717, 1.165) is 52.2 Å². The standard InChI is InChI=1S/C15H29N3O3/c1-13-11-18(12-14(2)21-13)15(19)16-5-3-4-6-17-7-9-20-10-8-17/h13-14H,3-12H2,1-2H3,(H,16,19). The number of carbonyl (C=O) groups is 1. The Morgan fingerprint density at radius 1 is 1.14 bits per heavy atom. The number of unbranched alkanes of at least 4 members (excludes halogenated alkanes) is 1. The van der Waals surface area contributed by atoms with Crippen molar-refractivity contribution in [2.75, 3.05) is 52.5 Å². The van der Waals surface area contributed by atoms with Crippen LogP contribution in [0.1, 0.15) is 26.7 Å². The van der Waals surface area contributed by atoms with Crippen LogP contribution in [0.3, 0.4) is 0 Å². The van der Waals surface area contributed by atoms with Gasteiger partial charge in [-0.2, -0.15) is 0 Å². The lowest BCUT2D eigenvalue weighted by Gasteiger charge is -2.35. The molecule has 2 aliphatic heterocycles. The van der Waals surface area contributed by atoms with E-state index < -0.39 is 0 Å². The number of rotatable bonds is 5. The second kappa shape index (κ2) is 8.56. The SMILES string of the molecule is CC1CN(C(=O)NCCCCN2CCOCC2)CC(C)O1. The molecule has 0 aromatic rings. The minimum atomic E-state index is 0.0448. The fourth-order valence-corrected chi connectivity index (χ4v) is 2.94. The second-order valence-corrected chi connectivity index (χ2v) is 6.06. The molecule has 122 valence electrons. The molecule has 21 heavy (non-hydrogen) atoms. The number of ether oxygens (including phenoxy) is 2. The van der Waals surface area contributed by atoms with Crippen molar-refractivity contribution in [1.82, 2.24) is 15.1 Å². The van der Waals surface area contributed by atoms with Crippen molar-refractivity contribution in [3.63, 3.8) is 0 Å². The number of nitrogens with zero attached hydrogens (tertiary/aromatic N) is 2. The van der Waals surface area contributed by atoms with Crippen molar-refractivity contribution in [3.8, 4) is 0 Å². The molecule has 2 fully saturated rings. The van der Waals surface area contributed by atoms with Gasteiger partial charge in [0.1, 0.15) is 0 Å². The Kier molecular flexibility index (Phi) is 6.73. The first-order valence-electron chi connectivity index (χ1n) is 8.13. The quantitative estimate of drug-likeness (QED) is 0.767. The van der Waals surface area contributed by atoms with Gasteiger partial charge in [-0.15, -0.1) is 0 Å². The zero-order valence-corrected chi connectivity index (χ0v) is 13.3. The van der Waals surface area contributed by atoms with Crippen molar-refractivity contribution >= 4 is 6.03 Å². The molecule has 2 atom stereocenters. The lowest BCUT2D eigenvalue weighted by atomic mass is 10.2. The highest BCUT2D eigenvalue weighted by molar-refractivity contribution is 5.74. The van der Waals surface area contributed by atoms with Crippen LogP contribution in [0.5, 0.6) is 0 Å². The zero-order chi connectivity index (χ0) is 15.1. The molecule has 1 N–H and O–H groups in total. The topological polar surface area (TPSA) is 54.0 Å². The first-order valence-corrected chi connectivity index (χ1v) is 8.13. The Hall–Kier alpha value is -0.850. The second-order valence-electron chi connectivity index (χ2n) is 6.06. The number of hydrogen-bond donors (Lipinski definition) is 1. The minimum Gasteiger partial charge on any atom is -0.379 e. The van der Waals surface area contributed by atoms with Gasteiger partial charge < -0.3 is 19.7 Å². The molecule has 0 aromatic heterocycles. The van der Waals surface area contributed by atoms with Gasteiger partial charge >= 0.3 is 6.03 Å². The maximum Gasteiger partial charge on any atom is 0.317 e. The molecular weight excluding hydrogens is 270 g/mol. The lowest BCUT2D eigenvalue weighted by Crippen LogP contribution is -2.51. The summed E-state index contributed by atoms with van der Waals surface area (Å²) < 4.78 is 11.0. The van der Waals surface area contributed by atoms with Crippen molar-refractivity contribution in [2.24, 2.45) is 0 Å². The highest BCUT2D eigenvalue weighted by Crippen LogP contribution is 2.10. The fourth-order valence-electron chi connectivity index (χ4n) is 2.94. The average molecular weight is 299 g/mol. The van der Waals surface area contributed by atoms with E-state index in [1.807, 2.05) is 18.7 Å². The molecule has 2 amide bonds. The summed E-state index contributed by atoms with van der Waals surface area (Å²) in [5.41, 5.74) is 0. The zero-order valence-electron chi connectivity index (χ0n) is 13.3. The smallest absolute Gasteiger partial charge is 0.317 e. The Bertz CT molecular complexity index is 311. The Morgan fingerprint density at radius 2 is 1.81 bits per heavy atom. The van der Waals surface area contributed by atoms with Crippen molar-refractivity contribution in [1.29, 1.82) is 0 Å². The number of amides is 2. The number of nitrogens with one attached hydrogen (secondary N) is 1. The van der Waals surface area contributed by atoms with E-state index >= 15 is 0 Å². The Balaban J connectivity index is 1.54. The van der Waals surface area contributed by atoms with Crippen molar-refractivity contribution in [2.45, 2.75) is 38.9 Å². The van der Waals surface area contributed by atoms with E-state index in [2.05, 4.69) is 10.2 Å². The van der Waals surface area contributed by atoms with E-state index in [1.165, 1.54) is 0 Å². The van der Waals surface area contributed by atoms with Crippen molar-refractivity contribution < 1.29 is 14.3 Å². The molecule has 0 bridgehead atoms. The summed E-state index contributed by atoms with van der Waals surface area (Å²) in [6.45, 7) is 11.0. The number of carbonyl (C=O) groups excluding carboxylic acids is 1. The molecule has 0 aliphatic carbocycles. The summed E-state index contributed by atoms with van der Waals surface area (Å²) in [7, 11) is 0. The summed E-state index contributed by atoms with van der Waals surface area (Å²) in [5.74, 6) is 0. The van der Waals surface area contributed by atoms with Crippen LogP contribution in [-0.4, -0.2) is 80.5 Å². The largest absolute Gasteiger partial charge is 0.379 e. The van der Waals surface area contributed by atoms with Crippen LogP contribution in [0.4, 0.5) is 4.79 Å². The average Bonchev–Trinajstić information content (AvgIpc) is 2.47. The lowest BCUT2D eigenvalue weighted by molar-refractivity contribution is -0.0545. The van der Waals surface area contributed by atoms with Crippen LogP contribution in [-0.2, 0) is 9.47 Å². The number of urea groups is 1. The molecule has 2 aliphatic rings. The van der Waals surface area contributed by atoms with Gasteiger partial charge in [-0.1, -0.05) is 0 Å². The maximum absolute atomic E-state index is 12.1. The first-order chi connectivity index (χ1) is 10.1. The van der Waals surface area contributed by atoms with Gasteiger partial charge in [0, 0.05) is 32.7 Å². The van der Waals surface area contributed by atoms with Crippen LogP contribution in [0, 0.1) is 0 Å².